The molecule has 7 heteroatoms. The number of nitrogens with two attached hydrogens (primary N) is 2. The van der Waals surface area contributed by atoms with E-state index in [1.54, 1.807) is 0 Å². The van der Waals surface area contributed by atoms with Crippen LogP contribution < -0.4 is 16.8 Å². The number of carbonyl (C=O) groups excluding carboxylic acids is 2. The van der Waals surface area contributed by atoms with Crippen molar-refractivity contribution in [1.29, 1.82) is 0 Å². The van der Waals surface area contributed by atoms with Crippen molar-refractivity contribution in [3.8, 4) is 0 Å². The topological polar surface area (TPSA) is 139 Å². The zero-order chi connectivity index (χ0) is 24.1. The minimum atomic E-state index is -0.398. The number of nitrogens with one attached hydrogen (secondary N) is 1. The van der Waals surface area contributed by atoms with Crippen molar-refractivity contribution in [3.05, 3.63) is 0 Å². The molecule has 0 aromatic heterocycles. The molecule has 2 amide bonds. The van der Waals surface area contributed by atoms with Crippen molar-refractivity contribution in [2.75, 3.05) is 6.54 Å². The number of aliphatic hydroxyl groups excluding tert-OH is 2. The van der Waals surface area contributed by atoms with Gasteiger partial charge in [0.05, 0.1) is 18.8 Å². The Hall–Kier alpha value is -1.18. The Morgan fingerprint density at radius 2 is 1.82 bits per heavy atom. The Kier molecular flexibility index (Phi) is 6.89. The van der Waals surface area contributed by atoms with Crippen LogP contribution in [0.3, 0.4) is 0 Å². The zero-order valence-corrected chi connectivity index (χ0v) is 20.6. The Labute approximate surface area is 198 Å². The van der Waals surface area contributed by atoms with Crippen LogP contribution in [0, 0.1) is 46.3 Å². The van der Waals surface area contributed by atoms with Crippen molar-refractivity contribution >= 4 is 11.8 Å². The van der Waals surface area contributed by atoms with Crippen LogP contribution in [-0.4, -0.2) is 46.8 Å². The molecule has 7 nitrogen and oxygen atoms in total. The van der Waals surface area contributed by atoms with E-state index in [2.05, 4.69) is 26.1 Å². The van der Waals surface area contributed by atoms with Crippen LogP contribution in [0.4, 0.5) is 0 Å². The molecule has 2 unspecified atom stereocenters. The third-order valence-corrected chi connectivity index (χ3v) is 10.9. The summed E-state index contributed by atoms with van der Waals surface area (Å²) in [4.78, 5) is 23.2. The summed E-state index contributed by atoms with van der Waals surface area (Å²) >= 11 is 0. The maximum absolute atomic E-state index is 11.8. The molecule has 0 saturated heterocycles. The van der Waals surface area contributed by atoms with E-state index < -0.39 is 6.10 Å². The van der Waals surface area contributed by atoms with Gasteiger partial charge in [-0.15, -0.1) is 0 Å². The lowest BCUT2D eigenvalue weighted by atomic mass is 9.43. The molecule has 0 bridgehead atoms. The van der Waals surface area contributed by atoms with Gasteiger partial charge in [0.15, 0.2) is 0 Å². The number of primary amides is 1. The lowest BCUT2D eigenvalue weighted by Crippen LogP contribution is -2.63. The molecule has 4 rings (SSSR count). The highest BCUT2D eigenvalue weighted by molar-refractivity contribution is 5.78. The second kappa shape index (κ2) is 9.12. The van der Waals surface area contributed by atoms with E-state index in [9.17, 15) is 19.8 Å². The quantitative estimate of drug-likeness (QED) is 0.410. The van der Waals surface area contributed by atoms with Crippen molar-refractivity contribution in [2.45, 2.75) is 96.8 Å². The van der Waals surface area contributed by atoms with E-state index in [0.29, 0.717) is 36.0 Å². The molecule has 0 radical (unpaired) electrons. The Balaban J connectivity index is 1.54. The van der Waals surface area contributed by atoms with Crippen LogP contribution in [0.15, 0.2) is 0 Å². The van der Waals surface area contributed by atoms with Crippen molar-refractivity contribution < 1.29 is 19.8 Å². The first-order valence-electron chi connectivity index (χ1n) is 13.2. The Bertz CT molecular complexity index is 762. The van der Waals surface area contributed by atoms with Crippen LogP contribution >= 0.6 is 0 Å². The number of fused-ring (bicyclic) bond motifs is 5. The largest absolute Gasteiger partial charge is 0.393 e. The number of rotatable bonds is 6. The molecule has 0 spiro atoms. The first-order valence-corrected chi connectivity index (χ1v) is 13.2. The molecule has 33 heavy (non-hydrogen) atoms. The van der Waals surface area contributed by atoms with Gasteiger partial charge in [-0.3, -0.25) is 9.59 Å². The van der Waals surface area contributed by atoms with Gasteiger partial charge in [0.25, 0.3) is 0 Å². The van der Waals surface area contributed by atoms with Crippen LogP contribution in [0.25, 0.3) is 0 Å². The third-order valence-electron chi connectivity index (χ3n) is 10.9. The van der Waals surface area contributed by atoms with E-state index in [1.165, 1.54) is 0 Å². The predicted octanol–water partition coefficient (Wildman–Crippen LogP) is 1.93. The molecule has 4 fully saturated rings. The zero-order valence-electron chi connectivity index (χ0n) is 20.6. The average molecular weight is 464 g/mol. The fraction of sp³-hybridized carbons (Fsp3) is 0.923. The smallest absolute Gasteiger partial charge is 0.233 e. The highest BCUT2D eigenvalue weighted by Gasteiger charge is 2.65. The SMILES string of the molecule is C[C@H](CCC(N)=O)[C@H]1CC[C@H]2C3[C@H](O)C[C@@H]4C[C@@H](NC(=O)CN)CC[C@]4(C)[C@H]3C[C@H](O)C12C. The summed E-state index contributed by atoms with van der Waals surface area (Å²) in [7, 11) is 0. The molecule has 0 aromatic rings. The van der Waals surface area contributed by atoms with Crippen molar-refractivity contribution in [3.63, 3.8) is 0 Å². The van der Waals surface area contributed by atoms with E-state index in [4.69, 9.17) is 11.5 Å². The molecule has 0 aromatic carbocycles. The van der Waals surface area contributed by atoms with Crippen LogP contribution in [0.2, 0.25) is 0 Å². The molecule has 4 saturated carbocycles. The van der Waals surface area contributed by atoms with Gasteiger partial charge in [-0.2, -0.15) is 0 Å². The molecule has 7 N–H and O–H groups in total. The number of amides is 2. The van der Waals surface area contributed by atoms with Gasteiger partial charge in [-0.25, -0.2) is 0 Å². The maximum atomic E-state index is 11.8. The second-order valence-electron chi connectivity index (χ2n) is 12.3. The Morgan fingerprint density at radius 3 is 2.48 bits per heavy atom. The molecule has 188 valence electrons. The van der Waals surface area contributed by atoms with E-state index in [0.717, 1.165) is 51.4 Å². The highest BCUT2D eigenvalue weighted by Crippen LogP contribution is 2.68. The van der Waals surface area contributed by atoms with Gasteiger partial charge < -0.3 is 27.0 Å². The number of aliphatic hydroxyl groups is 2. The van der Waals surface area contributed by atoms with Gasteiger partial charge in [0, 0.05) is 12.5 Å². The van der Waals surface area contributed by atoms with E-state index in [-0.39, 0.29) is 47.3 Å². The fourth-order valence-corrected chi connectivity index (χ4v) is 9.14. The van der Waals surface area contributed by atoms with Crippen molar-refractivity contribution in [1.82, 2.24) is 5.32 Å². The van der Waals surface area contributed by atoms with Gasteiger partial charge in [-0.1, -0.05) is 20.8 Å². The summed E-state index contributed by atoms with van der Waals surface area (Å²) in [5.74, 6) is 1.45. The number of hydrogen-bond acceptors (Lipinski definition) is 5. The first-order chi connectivity index (χ1) is 15.5. The van der Waals surface area contributed by atoms with Crippen LogP contribution in [-0.2, 0) is 9.59 Å². The minimum Gasteiger partial charge on any atom is -0.393 e. The molecule has 4 aliphatic carbocycles. The van der Waals surface area contributed by atoms with Crippen LogP contribution in [0.5, 0.6) is 0 Å². The van der Waals surface area contributed by atoms with Crippen molar-refractivity contribution in [2.24, 2.45) is 57.8 Å². The summed E-state index contributed by atoms with van der Waals surface area (Å²) in [6.45, 7) is 6.83. The number of carbonyl (C=O) groups is 2. The average Bonchev–Trinajstić information content (AvgIpc) is 3.12. The van der Waals surface area contributed by atoms with Gasteiger partial charge in [-0.05, 0) is 97.7 Å². The molecular formula is C26H45N3O4. The first kappa shape index (κ1) is 24.9. The molecule has 4 aliphatic rings. The van der Waals surface area contributed by atoms with E-state index in [1.807, 2.05) is 0 Å². The standard InChI is InChI=1S/C26H45N3O4/c1-14(4-7-22(28)32)17-5-6-18-24-19(12-21(31)26(17,18)3)25(2)9-8-16(29-23(33)13-27)10-15(25)11-20(24)30/h14-21,24,30-31H,4-13,27H2,1-3H3,(H2,28,32)(H,29,33)/t14-,15+,16+,17-,18+,19+,20-,21+,24?,25+,26?/m1/s1. The normalized spacial score (nSPS) is 47.7. The monoisotopic (exact) mass is 463 g/mol. The lowest BCUT2D eigenvalue weighted by Gasteiger charge is -2.63. The molecule has 11 atom stereocenters. The maximum Gasteiger partial charge on any atom is 0.233 e. The summed E-state index contributed by atoms with van der Waals surface area (Å²) in [5, 5.41) is 26.2. The Morgan fingerprint density at radius 1 is 1.09 bits per heavy atom. The highest BCUT2D eigenvalue weighted by atomic mass is 16.3. The second-order valence-corrected chi connectivity index (χ2v) is 12.3. The molecule has 0 heterocycles. The fourth-order valence-electron chi connectivity index (χ4n) is 9.14. The van der Waals surface area contributed by atoms with E-state index >= 15 is 0 Å². The summed E-state index contributed by atoms with van der Waals surface area (Å²) < 4.78 is 0. The van der Waals surface area contributed by atoms with Gasteiger partial charge in [0.2, 0.25) is 11.8 Å². The minimum absolute atomic E-state index is 0.0112. The number of hydrogen-bond donors (Lipinski definition) is 5. The lowest BCUT2D eigenvalue weighted by molar-refractivity contribution is -0.202. The van der Waals surface area contributed by atoms with Gasteiger partial charge in [0.1, 0.15) is 0 Å². The molecular weight excluding hydrogens is 418 g/mol. The third kappa shape index (κ3) is 4.12. The van der Waals surface area contributed by atoms with Gasteiger partial charge >= 0.3 is 0 Å². The van der Waals surface area contributed by atoms with Crippen LogP contribution in [0.1, 0.15) is 78.6 Å². The summed E-state index contributed by atoms with van der Waals surface area (Å²) in [6.07, 6.45) is 6.81. The predicted molar refractivity (Wildman–Crippen MR) is 127 cm³/mol. The molecule has 0 aliphatic heterocycles. The summed E-state index contributed by atoms with van der Waals surface area (Å²) in [6, 6.07) is 0.128. The summed E-state index contributed by atoms with van der Waals surface area (Å²) in [5.41, 5.74) is 10.8.